The van der Waals surface area contributed by atoms with Crippen LogP contribution in [0.15, 0.2) is 60.2 Å². The summed E-state index contributed by atoms with van der Waals surface area (Å²) < 4.78 is 3.54. The number of pyridine rings is 2. The highest BCUT2D eigenvalue weighted by Crippen LogP contribution is 2.08. The maximum Gasteiger partial charge on any atom is 0.261 e. The molecule has 6 heteroatoms. The molecule has 0 aliphatic carbocycles. The van der Waals surface area contributed by atoms with Crippen LogP contribution in [-0.2, 0) is 6.54 Å². The van der Waals surface area contributed by atoms with Crippen molar-refractivity contribution in [3.8, 4) is 0 Å². The van der Waals surface area contributed by atoms with E-state index in [1.54, 1.807) is 35.6 Å². The van der Waals surface area contributed by atoms with Gasteiger partial charge in [0.1, 0.15) is 5.65 Å². The van der Waals surface area contributed by atoms with Gasteiger partial charge in [0.25, 0.3) is 5.56 Å². The first-order valence-corrected chi connectivity index (χ1v) is 6.53. The average Bonchev–Trinajstić information content (AvgIpc) is 2.94. The number of fused-ring (bicyclic) bond motifs is 2. The van der Waals surface area contributed by atoms with E-state index in [4.69, 9.17) is 0 Å². The van der Waals surface area contributed by atoms with Crippen molar-refractivity contribution in [2.75, 3.05) is 0 Å². The highest BCUT2D eigenvalue weighted by molar-refractivity contribution is 5.75. The van der Waals surface area contributed by atoms with E-state index in [9.17, 15) is 4.79 Å². The molecule has 0 spiro atoms. The Morgan fingerprint density at radius 1 is 1.10 bits per heavy atom. The Kier molecular flexibility index (Phi) is 2.53. The number of hydrogen-bond donors (Lipinski definition) is 0. The monoisotopic (exact) mass is 277 g/mol. The van der Waals surface area contributed by atoms with E-state index in [0.717, 1.165) is 11.3 Å². The van der Waals surface area contributed by atoms with Crippen LogP contribution in [0.25, 0.3) is 16.6 Å². The van der Waals surface area contributed by atoms with Gasteiger partial charge in [0.15, 0.2) is 0 Å². The van der Waals surface area contributed by atoms with Crippen molar-refractivity contribution in [1.29, 1.82) is 0 Å². The Hall–Kier alpha value is -3.02. The van der Waals surface area contributed by atoms with E-state index < -0.39 is 0 Å². The molecular weight excluding hydrogens is 266 g/mol. The van der Waals surface area contributed by atoms with Gasteiger partial charge in [0.05, 0.1) is 41.9 Å². The van der Waals surface area contributed by atoms with Crippen molar-refractivity contribution in [1.82, 2.24) is 23.9 Å². The SMILES string of the molecule is O=c1c2ccncc2ncn1Cc1cnc2ccccn12. The summed E-state index contributed by atoms with van der Waals surface area (Å²) in [6.07, 6.45) is 8.45. The number of nitrogens with zero attached hydrogens (tertiary/aromatic N) is 5. The molecule has 4 aromatic rings. The lowest BCUT2D eigenvalue weighted by atomic mass is 10.3. The van der Waals surface area contributed by atoms with E-state index in [1.807, 2.05) is 28.8 Å². The smallest absolute Gasteiger partial charge is 0.261 e. The fourth-order valence-electron chi connectivity index (χ4n) is 2.40. The van der Waals surface area contributed by atoms with Crippen molar-refractivity contribution in [2.24, 2.45) is 0 Å². The normalized spacial score (nSPS) is 11.2. The van der Waals surface area contributed by atoms with Crippen LogP contribution in [0.3, 0.4) is 0 Å². The van der Waals surface area contributed by atoms with Gasteiger partial charge in [-0.15, -0.1) is 0 Å². The molecule has 0 aliphatic heterocycles. The summed E-state index contributed by atoms with van der Waals surface area (Å²) >= 11 is 0. The molecule has 0 atom stereocenters. The van der Waals surface area contributed by atoms with Gasteiger partial charge in [-0.1, -0.05) is 6.07 Å². The van der Waals surface area contributed by atoms with Crippen LogP contribution < -0.4 is 5.56 Å². The van der Waals surface area contributed by atoms with E-state index in [-0.39, 0.29) is 5.56 Å². The van der Waals surface area contributed by atoms with Gasteiger partial charge < -0.3 is 4.40 Å². The van der Waals surface area contributed by atoms with Crippen molar-refractivity contribution in [3.63, 3.8) is 0 Å². The summed E-state index contributed by atoms with van der Waals surface area (Å²) in [6.45, 7) is 0.426. The predicted octanol–water partition coefficient (Wildman–Crippen LogP) is 1.49. The number of rotatable bonds is 2. The molecule has 21 heavy (non-hydrogen) atoms. The molecule has 0 aliphatic rings. The minimum absolute atomic E-state index is 0.0757. The molecule has 6 nitrogen and oxygen atoms in total. The lowest BCUT2D eigenvalue weighted by molar-refractivity contribution is 0.723. The second kappa shape index (κ2) is 4.52. The first-order valence-electron chi connectivity index (χ1n) is 6.53. The summed E-state index contributed by atoms with van der Waals surface area (Å²) in [4.78, 5) is 25.0. The standard InChI is InChI=1S/C15H11N5O/c21-15-12-4-5-16-8-13(12)18-10-19(15)9-11-7-17-14-3-1-2-6-20(11)14/h1-8,10H,9H2. The second-order valence-corrected chi connectivity index (χ2v) is 4.75. The third-order valence-electron chi connectivity index (χ3n) is 3.45. The quantitative estimate of drug-likeness (QED) is 0.557. The molecule has 0 unspecified atom stereocenters. The predicted molar refractivity (Wildman–Crippen MR) is 78.1 cm³/mol. The number of hydrogen-bond acceptors (Lipinski definition) is 4. The van der Waals surface area contributed by atoms with E-state index in [0.29, 0.717) is 17.4 Å². The summed E-state index contributed by atoms with van der Waals surface area (Å²) in [7, 11) is 0. The van der Waals surface area contributed by atoms with Gasteiger partial charge in [-0.3, -0.25) is 14.3 Å². The first kappa shape index (κ1) is 11.8. The van der Waals surface area contributed by atoms with Crippen LogP contribution in [0.5, 0.6) is 0 Å². The van der Waals surface area contributed by atoms with E-state index >= 15 is 0 Å². The van der Waals surface area contributed by atoms with Crippen LogP contribution >= 0.6 is 0 Å². The molecule has 0 saturated heterocycles. The zero-order valence-corrected chi connectivity index (χ0v) is 11.0. The number of imidazole rings is 1. The summed E-state index contributed by atoms with van der Waals surface area (Å²) in [6, 6.07) is 7.49. The summed E-state index contributed by atoms with van der Waals surface area (Å²) in [5.41, 5.74) is 2.33. The topological polar surface area (TPSA) is 65.1 Å². The lowest BCUT2D eigenvalue weighted by Crippen LogP contribution is -2.21. The Bertz CT molecular complexity index is 1000. The van der Waals surface area contributed by atoms with Gasteiger partial charge >= 0.3 is 0 Å². The Balaban J connectivity index is 1.84. The minimum atomic E-state index is -0.0757. The van der Waals surface area contributed by atoms with Gasteiger partial charge in [0, 0.05) is 12.4 Å². The highest BCUT2D eigenvalue weighted by Gasteiger charge is 2.07. The fourth-order valence-corrected chi connectivity index (χ4v) is 2.40. The zero-order valence-electron chi connectivity index (χ0n) is 11.0. The molecule has 0 aromatic carbocycles. The molecule has 0 amide bonds. The largest absolute Gasteiger partial charge is 0.302 e. The molecule has 0 bridgehead atoms. The van der Waals surface area contributed by atoms with Gasteiger partial charge in [0.2, 0.25) is 0 Å². The molecule has 4 heterocycles. The van der Waals surface area contributed by atoms with Crippen LogP contribution in [-0.4, -0.2) is 23.9 Å². The third-order valence-corrected chi connectivity index (χ3v) is 3.45. The van der Waals surface area contributed by atoms with Crippen molar-refractivity contribution >= 4 is 16.6 Å². The lowest BCUT2D eigenvalue weighted by Gasteiger charge is -2.06. The first-order chi connectivity index (χ1) is 10.3. The van der Waals surface area contributed by atoms with Crippen molar-refractivity contribution in [2.45, 2.75) is 6.54 Å². The zero-order chi connectivity index (χ0) is 14.2. The Labute approximate surface area is 119 Å². The molecule has 0 fully saturated rings. The minimum Gasteiger partial charge on any atom is -0.302 e. The summed E-state index contributed by atoms with van der Waals surface area (Å²) in [5.74, 6) is 0. The van der Waals surface area contributed by atoms with Crippen LogP contribution in [0, 0.1) is 0 Å². The van der Waals surface area contributed by atoms with Crippen LogP contribution in [0.4, 0.5) is 0 Å². The van der Waals surface area contributed by atoms with Crippen molar-refractivity contribution < 1.29 is 0 Å². The highest BCUT2D eigenvalue weighted by atomic mass is 16.1. The molecule has 102 valence electrons. The maximum atomic E-state index is 12.5. The molecule has 4 rings (SSSR count). The second-order valence-electron chi connectivity index (χ2n) is 4.75. The van der Waals surface area contributed by atoms with Crippen LogP contribution in [0.2, 0.25) is 0 Å². The average molecular weight is 277 g/mol. The van der Waals surface area contributed by atoms with Gasteiger partial charge in [-0.05, 0) is 18.2 Å². The Morgan fingerprint density at radius 3 is 3.00 bits per heavy atom. The Morgan fingerprint density at radius 2 is 2.05 bits per heavy atom. The van der Waals surface area contributed by atoms with Crippen LogP contribution in [0.1, 0.15) is 5.69 Å². The molecule has 0 saturated carbocycles. The molecule has 4 aromatic heterocycles. The van der Waals surface area contributed by atoms with E-state index in [2.05, 4.69) is 15.0 Å². The van der Waals surface area contributed by atoms with Gasteiger partial charge in [-0.25, -0.2) is 9.97 Å². The maximum absolute atomic E-state index is 12.5. The molecule has 0 radical (unpaired) electrons. The third kappa shape index (κ3) is 1.88. The fraction of sp³-hybridized carbons (Fsp3) is 0.0667. The van der Waals surface area contributed by atoms with Gasteiger partial charge in [-0.2, -0.15) is 0 Å². The number of aromatic nitrogens is 5. The molecule has 0 N–H and O–H groups in total. The van der Waals surface area contributed by atoms with E-state index in [1.165, 1.54) is 0 Å². The summed E-state index contributed by atoms with van der Waals surface area (Å²) in [5, 5.41) is 0.571. The molecular formula is C15H11N5O. The van der Waals surface area contributed by atoms with Crippen molar-refractivity contribution in [3.05, 3.63) is 71.4 Å².